The Morgan fingerprint density at radius 1 is 1.05 bits per heavy atom. The summed E-state index contributed by atoms with van der Waals surface area (Å²) in [4.78, 5) is 0.158. The average Bonchev–Trinajstić information content (AvgIpc) is 3.20. The summed E-state index contributed by atoms with van der Waals surface area (Å²) in [6, 6.07) is 14.2. The second-order valence-electron chi connectivity index (χ2n) is 9.41. The minimum Gasteiger partial charge on any atom is -0.406 e. The van der Waals surface area contributed by atoms with Gasteiger partial charge in [-0.15, -0.1) is 13.2 Å². The molecule has 1 aliphatic heterocycles. The van der Waals surface area contributed by atoms with Crippen molar-refractivity contribution < 1.29 is 32.0 Å². The van der Waals surface area contributed by atoms with Crippen molar-refractivity contribution in [2.45, 2.75) is 42.8 Å². The molecule has 0 spiro atoms. The topological polar surface area (TPSA) is 85.1 Å². The first kappa shape index (κ1) is 29.0. The van der Waals surface area contributed by atoms with Crippen LogP contribution in [0.25, 0.3) is 21.8 Å². The normalized spacial score (nSPS) is 21.4. The molecule has 214 valence electrons. The van der Waals surface area contributed by atoms with Crippen molar-refractivity contribution in [3.05, 3.63) is 70.7 Å². The summed E-state index contributed by atoms with van der Waals surface area (Å²) >= 11 is 12.6. The average molecular weight is 616 g/mol. The zero-order valence-electron chi connectivity index (χ0n) is 21.2. The van der Waals surface area contributed by atoms with Crippen molar-refractivity contribution in [2.75, 3.05) is 19.8 Å². The second kappa shape index (κ2) is 11.4. The minimum absolute atomic E-state index is 0.0420. The number of nitrogens with zero attached hydrogens (tertiary/aromatic N) is 2. The quantitative estimate of drug-likeness (QED) is 0.241. The summed E-state index contributed by atoms with van der Waals surface area (Å²) in [7, 11) is -3.36. The number of hydrogen-bond donors (Lipinski definition) is 2. The molecule has 7 nitrogen and oxygen atoms in total. The highest BCUT2D eigenvalue weighted by Gasteiger charge is 2.37. The summed E-state index contributed by atoms with van der Waals surface area (Å²) in [5.74, 6) is -0.443. The third-order valence-electron chi connectivity index (χ3n) is 6.64. The summed E-state index contributed by atoms with van der Waals surface area (Å²) in [5, 5.41) is 14.4. The van der Waals surface area contributed by atoms with Gasteiger partial charge in [-0.3, -0.25) is 0 Å². The first-order valence-corrected chi connectivity index (χ1v) is 14.8. The molecule has 1 aliphatic rings. The molecule has 2 heterocycles. The number of aromatic nitrogens is 1. The van der Waals surface area contributed by atoms with Gasteiger partial charge in [-0.25, -0.2) is 13.3 Å². The number of rotatable bonds is 7. The molecule has 40 heavy (non-hydrogen) atoms. The summed E-state index contributed by atoms with van der Waals surface area (Å²) in [5.41, 5.74) is 1.62. The molecule has 1 aromatic heterocycles. The van der Waals surface area contributed by atoms with Crippen LogP contribution in [0.2, 0.25) is 10.0 Å². The van der Waals surface area contributed by atoms with Crippen molar-refractivity contribution in [1.82, 2.24) is 9.29 Å². The Labute approximate surface area is 239 Å². The molecule has 1 saturated heterocycles. The third kappa shape index (κ3) is 5.90. The van der Waals surface area contributed by atoms with Gasteiger partial charge in [-0.2, -0.15) is 0 Å². The summed E-state index contributed by atoms with van der Waals surface area (Å²) in [6.07, 6.45) is -5.33. The van der Waals surface area contributed by atoms with Crippen LogP contribution in [0.3, 0.4) is 0 Å². The van der Waals surface area contributed by atoms with Crippen LogP contribution in [0.1, 0.15) is 19.4 Å². The molecule has 5 rings (SSSR count). The zero-order chi connectivity index (χ0) is 28.7. The molecule has 0 bridgehead atoms. The van der Waals surface area contributed by atoms with E-state index in [1.807, 2.05) is 35.8 Å². The highest BCUT2D eigenvalue weighted by molar-refractivity contribution is 7.91. The molecule has 1 unspecified atom stereocenters. The SMILES string of the molecule is CCCN=S(=O)(N[C@@H]1COC[C@H](n2c3ccc(Cl)cc3c3cc(Cl)ccc32)[C@H]1O)c1ccc(OC(F)(F)F)cc1. The van der Waals surface area contributed by atoms with E-state index in [4.69, 9.17) is 27.9 Å². The van der Waals surface area contributed by atoms with E-state index >= 15 is 0 Å². The molecular formula is C27H26Cl2F3N3O4S. The van der Waals surface area contributed by atoms with Gasteiger partial charge in [-0.05, 0) is 67.1 Å². The third-order valence-corrected chi connectivity index (χ3v) is 9.18. The first-order valence-electron chi connectivity index (χ1n) is 12.5. The van der Waals surface area contributed by atoms with E-state index in [-0.39, 0.29) is 24.7 Å². The first-order chi connectivity index (χ1) is 19.0. The lowest BCUT2D eigenvalue weighted by atomic mass is 10.0. The lowest BCUT2D eigenvalue weighted by molar-refractivity contribution is -0.274. The standard InChI is InChI=1S/C27H26Cl2F3N3O4S/c1-2-11-33-40(37,19-7-5-18(6-8-19)39-27(30,31)32)34-22-14-38-15-25(26(22)36)35-23-9-3-16(28)12-20(23)21-13-17(29)4-10-24(21)35/h3-10,12-13,22,25-26,36H,2,11,14-15H2,1H3,(H,33,34,37)/t22-,25+,26+,40?/m1/s1. The van der Waals surface area contributed by atoms with Crippen LogP contribution in [0.15, 0.2) is 69.9 Å². The number of halogens is 5. The van der Waals surface area contributed by atoms with Crippen molar-refractivity contribution in [3.63, 3.8) is 0 Å². The van der Waals surface area contributed by atoms with E-state index in [0.29, 0.717) is 16.5 Å². The fraction of sp³-hybridized carbons (Fsp3) is 0.333. The Bertz CT molecular complexity index is 1590. The Hall–Kier alpha value is -2.54. The fourth-order valence-corrected chi connectivity index (χ4v) is 7.16. The number of alkyl halides is 3. The van der Waals surface area contributed by atoms with Crippen LogP contribution in [-0.4, -0.2) is 52.1 Å². The second-order valence-corrected chi connectivity index (χ2v) is 12.3. The number of aliphatic hydroxyl groups excluding tert-OH is 1. The maximum atomic E-state index is 14.1. The van der Waals surface area contributed by atoms with Crippen LogP contribution < -0.4 is 9.46 Å². The highest BCUT2D eigenvalue weighted by Crippen LogP contribution is 2.37. The molecule has 0 radical (unpaired) electrons. The van der Waals surface area contributed by atoms with Crippen LogP contribution in [0, 0.1) is 0 Å². The van der Waals surface area contributed by atoms with Crippen molar-refractivity contribution in [2.24, 2.45) is 4.36 Å². The van der Waals surface area contributed by atoms with Crippen LogP contribution in [0.4, 0.5) is 13.2 Å². The van der Waals surface area contributed by atoms with Gasteiger partial charge in [-0.1, -0.05) is 30.1 Å². The van der Waals surface area contributed by atoms with Crippen molar-refractivity contribution in [3.8, 4) is 5.75 Å². The predicted molar refractivity (Wildman–Crippen MR) is 149 cm³/mol. The summed E-state index contributed by atoms with van der Waals surface area (Å²) < 4.78 is 71.0. The van der Waals surface area contributed by atoms with E-state index in [0.717, 1.165) is 33.9 Å². The van der Waals surface area contributed by atoms with Gasteiger partial charge in [0.1, 0.15) is 15.7 Å². The van der Waals surface area contributed by atoms with Gasteiger partial charge in [0.15, 0.2) is 0 Å². The molecule has 1 fully saturated rings. The molecule has 4 atom stereocenters. The molecule has 4 aromatic rings. The lowest BCUT2D eigenvalue weighted by Gasteiger charge is -2.37. The van der Waals surface area contributed by atoms with Gasteiger partial charge in [0.2, 0.25) is 0 Å². The molecule has 0 aliphatic carbocycles. The van der Waals surface area contributed by atoms with E-state index < -0.39 is 40.2 Å². The van der Waals surface area contributed by atoms with Gasteiger partial charge < -0.3 is 19.1 Å². The smallest absolute Gasteiger partial charge is 0.406 e. The molecule has 0 saturated carbocycles. The van der Waals surface area contributed by atoms with E-state index in [1.165, 1.54) is 12.1 Å². The van der Waals surface area contributed by atoms with Gasteiger partial charge in [0.05, 0.1) is 36.3 Å². The maximum Gasteiger partial charge on any atom is 0.573 e. The Morgan fingerprint density at radius 3 is 2.20 bits per heavy atom. The Balaban J connectivity index is 1.50. The Morgan fingerprint density at radius 2 is 1.65 bits per heavy atom. The molecular weight excluding hydrogens is 590 g/mol. The minimum atomic E-state index is -4.85. The maximum absolute atomic E-state index is 14.1. The number of fused-ring (bicyclic) bond motifs is 3. The number of aliphatic hydroxyl groups is 1. The fourth-order valence-electron chi connectivity index (χ4n) is 4.90. The van der Waals surface area contributed by atoms with Gasteiger partial charge >= 0.3 is 6.36 Å². The van der Waals surface area contributed by atoms with E-state index in [1.54, 1.807) is 12.1 Å². The lowest BCUT2D eigenvalue weighted by Crippen LogP contribution is -2.53. The molecule has 2 N–H and O–H groups in total. The zero-order valence-corrected chi connectivity index (χ0v) is 23.5. The van der Waals surface area contributed by atoms with E-state index in [9.17, 15) is 22.5 Å². The monoisotopic (exact) mass is 615 g/mol. The van der Waals surface area contributed by atoms with Crippen LogP contribution in [0.5, 0.6) is 5.75 Å². The van der Waals surface area contributed by atoms with Gasteiger partial charge in [0, 0.05) is 38.4 Å². The van der Waals surface area contributed by atoms with E-state index in [2.05, 4.69) is 13.8 Å². The highest BCUT2D eigenvalue weighted by atomic mass is 35.5. The molecule has 3 aromatic carbocycles. The molecule has 13 heteroatoms. The van der Waals surface area contributed by atoms with Crippen LogP contribution >= 0.6 is 23.2 Å². The number of benzene rings is 3. The van der Waals surface area contributed by atoms with Crippen LogP contribution in [-0.2, 0) is 14.7 Å². The number of ether oxygens (including phenoxy) is 2. The predicted octanol–water partition coefficient (Wildman–Crippen LogP) is 6.74. The largest absolute Gasteiger partial charge is 0.573 e. The van der Waals surface area contributed by atoms with Gasteiger partial charge in [0.25, 0.3) is 0 Å². The number of nitrogens with one attached hydrogen (secondary N) is 1. The van der Waals surface area contributed by atoms with Crippen molar-refractivity contribution in [1.29, 1.82) is 0 Å². The molecule has 0 amide bonds. The van der Waals surface area contributed by atoms with Crippen molar-refractivity contribution >= 4 is 54.9 Å². The summed E-state index contributed by atoms with van der Waals surface area (Å²) in [6.45, 7) is 2.31. The number of hydrogen-bond acceptors (Lipinski definition) is 5. The Kier molecular flexibility index (Phi) is 8.24.